The molecule has 26 heavy (non-hydrogen) atoms. The lowest BCUT2D eigenvalue weighted by Gasteiger charge is -2.34. The smallest absolute Gasteiger partial charge is 0.243 e. The zero-order valence-electron chi connectivity index (χ0n) is 14.8. The summed E-state index contributed by atoms with van der Waals surface area (Å²) in [7, 11) is -3.53. The minimum absolute atomic E-state index is 0. The van der Waals surface area contributed by atoms with Crippen molar-refractivity contribution in [2.75, 3.05) is 32.7 Å². The SMILES string of the molecule is Cl.NCCCCCCC(=O)N1CCN(S(=O)(=O)c2ccc(Cl)cc2)CC1. The quantitative estimate of drug-likeness (QED) is 0.650. The number of hydrogen-bond donors (Lipinski definition) is 1. The van der Waals surface area contributed by atoms with E-state index in [1.807, 2.05) is 0 Å². The summed E-state index contributed by atoms with van der Waals surface area (Å²) in [5.41, 5.74) is 5.45. The molecule has 1 amide bonds. The number of amides is 1. The van der Waals surface area contributed by atoms with Crippen molar-refractivity contribution in [1.82, 2.24) is 9.21 Å². The van der Waals surface area contributed by atoms with Crippen LogP contribution in [0.25, 0.3) is 0 Å². The number of benzene rings is 1. The largest absolute Gasteiger partial charge is 0.340 e. The third-order valence-corrected chi connectivity index (χ3v) is 6.55. The van der Waals surface area contributed by atoms with Crippen LogP contribution < -0.4 is 5.73 Å². The highest BCUT2D eigenvalue weighted by Gasteiger charge is 2.29. The molecule has 6 nitrogen and oxygen atoms in total. The lowest BCUT2D eigenvalue weighted by molar-refractivity contribution is -0.132. The lowest BCUT2D eigenvalue weighted by atomic mass is 10.1. The van der Waals surface area contributed by atoms with E-state index in [0.29, 0.717) is 44.2 Å². The van der Waals surface area contributed by atoms with Crippen LogP contribution >= 0.6 is 24.0 Å². The first kappa shape index (κ1) is 23.2. The number of nitrogens with two attached hydrogens (primary N) is 1. The molecule has 0 aromatic heterocycles. The van der Waals surface area contributed by atoms with Crippen LogP contribution in [-0.2, 0) is 14.8 Å². The maximum absolute atomic E-state index is 12.6. The average molecular weight is 424 g/mol. The molecule has 1 fully saturated rings. The number of nitrogens with zero attached hydrogens (tertiary/aromatic N) is 2. The summed E-state index contributed by atoms with van der Waals surface area (Å²) >= 11 is 5.81. The third kappa shape index (κ3) is 6.39. The molecular weight excluding hydrogens is 397 g/mol. The normalized spacial score (nSPS) is 15.5. The highest BCUT2D eigenvalue weighted by atomic mass is 35.5. The number of carbonyl (C=O) groups is 1. The molecule has 1 aliphatic heterocycles. The van der Waals surface area contributed by atoms with E-state index in [0.717, 1.165) is 25.7 Å². The Morgan fingerprint density at radius 3 is 2.15 bits per heavy atom. The second-order valence-electron chi connectivity index (χ2n) is 6.19. The van der Waals surface area contributed by atoms with Crippen LogP contribution in [0.15, 0.2) is 29.2 Å². The summed E-state index contributed by atoms with van der Waals surface area (Å²) in [6.45, 7) is 2.22. The van der Waals surface area contributed by atoms with Crippen LogP contribution in [0.2, 0.25) is 5.02 Å². The molecule has 148 valence electrons. The van der Waals surface area contributed by atoms with Gasteiger partial charge in [-0.15, -0.1) is 12.4 Å². The van der Waals surface area contributed by atoms with Crippen molar-refractivity contribution >= 4 is 39.9 Å². The Kier molecular flexibility index (Phi) is 9.89. The van der Waals surface area contributed by atoms with Crippen LogP contribution in [0, 0.1) is 0 Å². The van der Waals surface area contributed by atoms with Gasteiger partial charge in [-0.2, -0.15) is 4.31 Å². The Morgan fingerprint density at radius 1 is 1.00 bits per heavy atom. The van der Waals surface area contributed by atoms with E-state index in [9.17, 15) is 13.2 Å². The fraction of sp³-hybridized carbons (Fsp3) is 0.588. The fourth-order valence-electron chi connectivity index (χ4n) is 2.87. The van der Waals surface area contributed by atoms with Gasteiger partial charge in [0.2, 0.25) is 15.9 Å². The summed E-state index contributed by atoms with van der Waals surface area (Å²) < 4.78 is 26.7. The number of sulfonamides is 1. The van der Waals surface area contributed by atoms with Gasteiger partial charge in [0.05, 0.1) is 4.90 Å². The predicted octanol–water partition coefficient (Wildman–Crippen LogP) is 2.50. The zero-order valence-corrected chi connectivity index (χ0v) is 17.2. The summed E-state index contributed by atoms with van der Waals surface area (Å²) in [5, 5.41) is 0.501. The van der Waals surface area contributed by atoms with Gasteiger partial charge in [0.25, 0.3) is 0 Å². The lowest BCUT2D eigenvalue weighted by Crippen LogP contribution is -2.50. The Balaban J connectivity index is 0.00000338. The second-order valence-corrected chi connectivity index (χ2v) is 8.57. The minimum Gasteiger partial charge on any atom is -0.340 e. The molecule has 1 aromatic carbocycles. The zero-order chi connectivity index (χ0) is 18.3. The van der Waals surface area contributed by atoms with Crippen molar-refractivity contribution in [3.8, 4) is 0 Å². The molecule has 2 N–H and O–H groups in total. The molecular formula is C17H27Cl2N3O3S. The number of carbonyl (C=O) groups excluding carboxylic acids is 1. The number of halogens is 2. The van der Waals surface area contributed by atoms with E-state index in [4.69, 9.17) is 17.3 Å². The van der Waals surface area contributed by atoms with Crippen LogP contribution in [0.4, 0.5) is 0 Å². The van der Waals surface area contributed by atoms with Crippen molar-refractivity contribution in [2.24, 2.45) is 5.73 Å². The predicted molar refractivity (Wildman–Crippen MR) is 106 cm³/mol. The van der Waals surface area contributed by atoms with Crippen molar-refractivity contribution < 1.29 is 13.2 Å². The van der Waals surface area contributed by atoms with E-state index < -0.39 is 10.0 Å². The molecule has 1 saturated heterocycles. The Morgan fingerprint density at radius 2 is 1.58 bits per heavy atom. The summed E-state index contributed by atoms with van der Waals surface area (Å²) in [4.78, 5) is 14.2. The summed E-state index contributed by atoms with van der Waals surface area (Å²) in [6.07, 6.45) is 4.44. The molecule has 0 saturated carbocycles. The van der Waals surface area contributed by atoms with E-state index in [-0.39, 0.29) is 23.2 Å². The van der Waals surface area contributed by atoms with Gasteiger partial charge in [0.15, 0.2) is 0 Å². The number of hydrogen-bond acceptors (Lipinski definition) is 4. The molecule has 0 unspecified atom stereocenters. The third-order valence-electron chi connectivity index (χ3n) is 4.39. The topological polar surface area (TPSA) is 83.7 Å². The van der Waals surface area contributed by atoms with Crippen molar-refractivity contribution in [3.05, 3.63) is 29.3 Å². The van der Waals surface area contributed by atoms with Gasteiger partial charge < -0.3 is 10.6 Å². The Labute approximate surface area is 167 Å². The molecule has 1 aliphatic rings. The Hall–Kier alpha value is -0.860. The molecule has 1 aromatic rings. The van der Waals surface area contributed by atoms with Crippen LogP contribution in [0.5, 0.6) is 0 Å². The maximum Gasteiger partial charge on any atom is 0.243 e. The molecule has 0 spiro atoms. The standard InChI is InChI=1S/C17H26ClN3O3S.ClH/c18-15-6-8-16(9-7-15)25(23,24)21-13-11-20(12-14-21)17(22)5-3-1-2-4-10-19;/h6-9H,1-5,10-14,19H2;1H. The first-order valence-corrected chi connectivity index (χ1v) is 10.5. The second kappa shape index (κ2) is 11.1. The van der Waals surface area contributed by atoms with Gasteiger partial charge >= 0.3 is 0 Å². The minimum atomic E-state index is -3.53. The Bertz CT molecular complexity index is 660. The summed E-state index contributed by atoms with van der Waals surface area (Å²) in [5.74, 6) is 0.108. The van der Waals surface area contributed by atoms with Gasteiger partial charge in [0, 0.05) is 37.6 Å². The number of unbranched alkanes of at least 4 members (excludes halogenated alkanes) is 3. The highest BCUT2D eigenvalue weighted by molar-refractivity contribution is 7.89. The van der Waals surface area contributed by atoms with Crippen molar-refractivity contribution in [3.63, 3.8) is 0 Å². The van der Waals surface area contributed by atoms with Gasteiger partial charge in [0.1, 0.15) is 0 Å². The molecule has 0 aliphatic carbocycles. The van der Waals surface area contributed by atoms with E-state index >= 15 is 0 Å². The molecule has 9 heteroatoms. The maximum atomic E-state index is 12.6. The molecule has 0 bridgehead atoms. The molecule has 0 atom stereocenters. The van der Waals surface area contributed by atoms with Gasteiger partial charge in [-0.3, -0.25) is 4.79 Å². The molecule has 2 rings (SSSR count). The first-order valence-electron chi connectivity index (χ1n) is 8.68. The van der Waals surface area contributed by atoms with Gasteiger partial charge in [-0.05, 0) is 43.7 Å². The van der Waals surface area contributed by atoms with Crippen LogP contribution in [0.1, 0.15) is 32.1 Å². The fourth-order valence-corrected chi connectivity index (χ4v) is 4.41. The first-order chi connectivity index (χ1) is 11.9. The molecule has 0 radical (unpaired) electrons. The number of rotatable bonds is 8. The molecule has 1 heterocycles. The van der Waals surface area contributed by atoms with Crippen LogP contribution in [-0.4, -0.2) is 56.3 Å². The van der Waals surface area contributed by atoms with E-state index in [1.165, 1.54) is 16.4 Å². The van der Waals surface area contributed by atoms with Crippen LogP contribution in [0.3, 0.4) is 0 Å². The number of piperazine rings is 1. The van der Waals surface area contributed by atoms with E-state index in [1.54, 1.807) is 17.0 Å². The van der Waals surface area contributed by atoms with Gasteiger partial charge in [-0.1, -0.05) is 24.4 Å². The van der Waals surface area contributed by atoms with Crippen molar-refractivity contribution in [2.45, 2.75) is 37.0 Å². The monoisotopic (exact) mass is 423 g/mol. The average Bonchev–Trinajstić information content (AvgIpc) is 2.62. The summed E-state index contributed by atoms with van der Waals surface area (Å²) in [6, 6.07) is 6.16. The van der Waals surface area contributed by atoms with Gasteiger partial charge in [-0.25, -0.2) is 8.42 Å². The van der Waals surface area contributed by atoms with Crippen molar-refractivity contribution in [1.29, 1.82) is 0 Å². The highest BCUT2D eigenvalue weighted by Crippen LogP contribution is 2.20. The van der Waals surface area contributed by atoms with E-state index in [2.05, 4.69) is 0 Å².